The van der Waals surface area contributed by atoms with E-state index in [1.165, 1.54) is 12.1 Å². The number of benzene rings is 1. The molecule has 5 heteroatoms. The van der Waals surface area contributed by atoms with Gasteiger partial charge in [0.05, 0.1) is 6.61 Å². The summed E-state index contributed by atoms with van der Waals surface area (Å²) in [4.78, 5) is 0. The summed E-state index contributed by atoms with van der Waals surface area (Å²) >= 11 is 0. The van der Waals surface area contributed by atoms with Gasteiger partial charge in [-0.3, -0.25) is 0 Å². The highest BCUT2D eigenvalue weighted by Crippen LogP contribution is 2.32. The maximum absolute atomic E-state index is 11.9. The average Bonchev–Trinajstić information content (AvgIpc) is 2.15. The first-order chi connectivity index (χ1) is 7.04. The van der Waals surface area contributed by atoms with Gasteiger partial charge in [-0.25, -0.2) is 0 Å². The Morgan fingerprint density at radius 1 is 1.27 bits per heavy atom. The van der Waals surface area contributed by atoms with Crippen LogP contribution in [0.2, 0.25) is 0 Å². The van der Waals surface area contributed by atoms with Crippen molar-refractivity contribution in [3.05, 3.63) is 30.2 Å². The van der Waals surface area contributed by atoms with Crippen molar-refractivity contribution < 1.29 is 22.6 Å². The second kappa shape index (κ2) is 3.64. The highest BCUT2D eigenvalue weighted by molar-refractivity contribution is 5.45. The van der Waals surface area contributed by atoms with Gasteiger partial charge in [-0.05, 0) is 24.5 Å². The van der Waals surface area contributed by atoms with Crippen molar-refractivity contribution in [1.82, 2.24) is 0 Å². The van der Waals surface area contributed by atoms with Crippen LogP contribution in [0, 0.1) is 6.42 Å². The number of hydrogen-bond donors (Lipinski definition) is 0. The number of fused-ring (bicyclic) bond motifs is 1. The maximum atomic E-state index is 11.9. The van der Waals surface area contributed by atoms with E-state index in [1.807, 2.05) is 6.42 Å². The lowest BCUT2D eigenvalue weighted by Crippen LogP contribution is -2.17. The van der Waals surface area contributed by atoms with E-state index in [0.29, 0.717) is 12.4 Å². The van der Waals surface area contributed by atoms with Gasteiger partial charge in [0.1, 0.15) is 11.5 Å². The molecule has 0 fully saturated rings. The van der Waals surface area contributed by atoms with Crippen LogP contribution in [0.5, 0.6) is 11.5 Å². The highest BCUT2D eigenvalue weighted by atomic mass is 19.4. The van der Waals surface area contributed by atoms with Crippen molar-refractivity contribution in [2.75, 3.05) is 6.61 Å². The molecule has 0 unspecified atom stereocenters. The summed E-state index contributed by atoms with van der Waals surface area (Å²) in [6.07, 6.45) is -1.98. The highest BCUT2D eigenvalue weighted by Gasteiger charge is 2.31. The predicted molar refractivity (Wildman–Crippen MR) is 46.6 cm³/mol. The third kappa shape index (κ3) is 2.55. The molecular weight excluding hydrogens is 209 g/mol. The summed E-state index contributed by atoms with van der Waals surface area (Å²) in [5.74, 6) is 0.180. The third-order valence-corrected chi connectivity index (χ3v) is 1.96. The number of ether oxygens (including phenoxy) is 2. The Morgan fingerprint density at radius 3 is 2.80 bits per heavy atom. The third-order valence-electron chi connectivity index (χ3n) is 1.96. The van der Waals surface area contributed by atoms with Gasteiger partial charge >= 0.3 is 6.36 Å². The number of rotatable bonds is 1. The fourth-order valence-electron chi connectivity index (χ4n) is 1.39. The molecular formula is C10H8F3O2. The van der Waals surface area contributed by atoms with E-state index in [0.717, 1.165) is 12.0 Å². The first-order valence-corrected chi connectivity index (χ1v) is 4.40. The molecule has 0 bridgehead atoms. The molecule has 0 amide bonds. The van der Waals surface area contributed by atoms with Crippen LogP contribution in [0.25, 0.3) is 0 Å². The second-order valence-electron chi connectivity index (χ2n) is 3.09. The molecule has 1 aliphatic rings. The molecule has 0 atom stereocenters. The Bertz CT molecular complexity index is 360. The summed E-state index contributed by atoms with van der Waals surface area (Å²) in [7, 11) is 0. The van der Waals surface area contributed by atoms with E-state index in [2.05, 4.69) is 4.74 Å². The Kier molecular flexibility index (Phi) is 2.46. The predicted octanol–water partition coefficient (Wildman–Crippen LogP) is 2.92. The summed E-state index contributed by atoms with van der Waals surface area (Å²) < 4.78 is 44.7. The molecule has 1 radical (unpaired) electrons. The van der Waals surface area contributed by atoms with Crippen LogP contribution < -0.4 is 9.47 Å². The first kappa shape index (κ1) is 10.1. The molecule has 0 aromatic heterocycles. The Balaban J connectivity index is 2.21. The molecule has 1 aromatic rings. The summed E-state index contributed by atoms with van der Waals surface area (Å²) in [6.45, 7) is 0.489. The van der Waals surface area contributed by atoms with Crippen molar-refractivity contribution in [1.29, 1.82) is 0 Å². The van der Waals surface area contributed by atoms with Gasteiger partial charge in [0.15, 0.2) is 0 Å². The van der Waals surface area contributed by atoms with E-state index in [1.54, 1.807) is 6.07 Å². The summed E-state index contributed by atoms with van der Waals surface area (Å²) in [5, 5.41) is 0. The Morgan fingerprint density at radius 2 is 2.07 bits per heavy atom. The number of alkyl halides is 3. The lowest BCUT2D eigenvalue weighted by atomic mass is 10.1. The zero-order valence-corrected chi connectivity index (χ0v) is 7.67. The minimum absolute atomic E-state index is 0.253. The van der Waals surface area contributed by atoms with Crippen LogP contribution in [0.4, 0.5) is 13.2 Å². The van der Waals surface area contributed by atoms with E-state index < -0.39 is 6.36 Å². The Labute approximate surface area is 84.6 Å². The first-order valence-electron chi connectivity index (χ1n) is 4.40. The van der Waals surface area contributed by atoms with Crippen LogP contribution in [0.3, 0.4) is 0 Å². The monoisotopic (exact) mass is 217 g/mol. The van der Waals surface area contributed by atoms with E-state index in [4.69, 9.17) is 4.74 Å². The lowest BCUT2D eigenvalue weighted by molar-refractivity contribution is -0.274. The zero-order chi connectivity index (χ0) is 10.9. The molecule has 15 heavy (non-hydrogen) atoms. The summed E-state index contributed by atoms with van der Waals surface area (Å²) in [5.41, 5.74) is 0.802. The van der Waals surface area contributed by atoms with Gasteiger partial charge in [-0.1, -0.05) is 6.07 Å². The van der Waals surface area contributed by atoms with Crippen LogP contribution in [0.1, 0.15) is 12.0 Å². The molecule has 1 aliphatic heterocycles. The van der Waals surface area contributed by atoms with E-state index >= 15 is 0 Å². The normalized spacial score (nSPS) is 15.4. The van der Waals surface area contributed by atoms with Gasteiger partial charge < -0.3 is 9.47 Å². The van der Waals surface area contributed by atoms with Crippen molar-refractivity contribution in [3.8, 4) is 11.5 Å². The SMILES string of the molecule is FC(F)(F)Oc1ccc2c(c1)OCC[CH]2. The van der Waals surface area contributed by atoms with Gasteiger partial charge in [-0.15, -0.1) is 13.2 Å². The van der Waals surface area contributed by atoms with Gasteiger partial charge in [0.2, 0.25) is 0 Å². The van der Waals surface area contributed by atoms with Crippen LogP contribution in [0.15, 0.2) is 18.2 Å². The quantitative estimate of drug-likeness (QED) is 0.720. The molecule has 1 aromatic carbocycles. The lowest BCUT2D eigenvalue weighted by Gasteiger charge is -2.18. The molecule has 0 aliphatic carbocycles. The minimum atomic E-state index is -4.66. The standard InChI is InChI=1S/C10H8F3O2/c11-10(12,13)15-8-4-3-7-2-1-5-14-9(7)6-8/h2-4,6H,1,5H2. The van der Waals surface area contributed by atoms with Crippen LogP contribution >= 0.6 is 0 Å². The number of halogens is 3. The van der Waals surface area contributed by atoms with Crippen LogP contribution in [-0.2, 0) is 0 Å². The maximum Gasteiger partial charge on any atom is 0.573 e. The molecule has 1 heterocycles. The van der Waals surface area contributed by atoms with Gasteiger partial charge in [0.25, 0.3) is 0 Å². The van der Waals surface area contributed by atoms with Gasteiger partial charge in [-0.2, -0.15) is 0 Å². The molecule has 0 N–H and O–H groups in total. The van der Waals surface area contributed by atoms with Crippen molar-refractivity contribution in [3.63, 3.8) is 0 Å². The van der Waals surface area contributed by atoms with Crippen molar-refractivity contribution in [2.24, 2.45) is 0 Å². The molecule has 81 valence electrons. The second-order valence-corrected chi connectivity index (χ2v) is 3.09. The number of hydrogen-bond acceptors (Lipinski definition) is 2. The average molecular weight is 217 g/mol. The van der Waals surface area contributed by atoms with Crippen LogP contribution in [-0.4, -0.2) is 13.0 Å². The molecule has 0 saturated heterocycles. The molecule has 2 nitrogen and oxygen atoms in total. The molecule has 2 rings (SSSR count). The molecule has 0 spiro atoms. The zero-order valence-electron chi connectivity index (χ0n) is 7.67. The smallest absolute Gasteiger partial charge is 0.493 e. The van der Waals surface area contributed by atoms with Crippen molar-refractivity contribution in [2.45, 2.75) is 12.8 Å². The van der Waals surface area contributed by atoms with Gasteiger partial charge in [0, 0.05) is 6.07 Å². The van der Waals surface area contributed by atoms with E-state index in [-0.39, 0.29) is 5.75 Å². The Hall–Kier alpha value is -1.39. The van der Waals surface area contributed by atoms with Crippen molar-refractivity contribution >= 4 is 0 Å². The fraction of sp³-hybridized carbons (Fsp3) is 0.300. The summed E-state index contributed by atoms with van der Waals surface area (Å²) in [6, 6.07) is 4.07. The fourth-order valence-corrected chi connectivity index (χ4v) is 1.39. The topological polar surface area (TPSA) is 18.5 Å². The largest absolute Gasteiger partial charge is 0.573 e. The van der Waals surface area contributed by atoms with E-state index in [9.17, 15) is 13.2 Å². The molecule has 0 saturated carbocycles. The minimum Gasteiger partial charge on any atom is -0.493 e.